The van der Waals surface area contributed by atoms with Crippen LogP contribution < -0.4 is 4.74 Å². The van der Waals surface area contributed by atoms with Crippen LogP contribution in [0.15, 0.2) is 36.4 Å². The largest absolute Gasteiger partial charge is 0.454 e. The van der Waals surface area contributed by atoms with Crippen molar-refractivity contribution in [1.82, 2.24) is 0 Å². The van der Waals surface area contributed by atoms with Gasteiger partial charge in [0.1, 0.15) is 5.75 Å². The van der Waals surface area contributed by atoms with Crippen molar-refractivity contribution in [2.45, 2.75) is 12.8 Å². The summed E-state index contributed by atoms with van der Waals surface area (Å²) < 4.78 is 19.2. The molecule has 0 unspecified atom stereocenters. The number of halogens is 2. The van der Waals surface area contributed by atoms with Gasteiger partial charge in [0.25, 0.3) is 5.69 Å². The highest BCUT2D eigenvalue weighted by molar-refractivity contribution is 6.17. The highest BCUT2D eigenvalue weighted by Crippen LogP contribution is 2.30. The molecule has 0 fully saturated rings. The first kappa shape index (κ1) is 14.3. The zero-order valence-corrected chi connectivity index (χ0v) is 11.4. The second-order valence-corrected chi connectivity index (χ2v) is 4.47. The number of nitro groups is 1. The second-order valence-electron chi connectivity index (χ2n) is 4.21. The van der Waals surface area contributed by atoms with Crippen molar-refractivity contribution in [3.63, 3.8) is 0 Å². The molecule has 0 atom stereocenters. The van der Waals surface area contributed by atoms with Crippen LogP contribution in [0.25, 0.3) is 0 Å². The van der Waals surface area contributed by atoms with E-state index < -0.39 is 10.7 Å². The number of rotatable bonds is 4. The molecule has 6 heteroatoms. The molecule has 2 rings (SSSR count). The predicted octanol–water partition coefficient (Wildman–Crippen LogP) is 4.57. The number of aryl methyl sites for hydroxylation is 1. The topological polar surface area (TPSA) is 52.4 Å². The normalized spacial score (nSPS) is 10.3. The molecule has 4 nitrogen and oxygen atoms in total. The van der Waals surface area contributed by atoms with Gasteiger partial charge in [-0.05, 0) is 36.2 Å². The summed E-state index contributed by atoms with van der Waals surface area (Å²) in [6.07, 6.45) is 0. The second kappa shape index (κ2) is 5.88. The van der Waals surface area contributed by atoms with Crippen molar-refractivity contribution in [2.24, 2.45) is 0 Å². The van der Waals surface area contributed by atoms with E-state index in [1.807, 2.05) is 0 Å². The summed E-state index contributed by atoms with van der Waals surface area (Å²) in [6, 6.07) is 8.55. The predicted molar refractivity (Wildman–Crippen MR) is 73.9 cm³/mol. The zero-order chi connectivity index (χ0) is 14.7. The Hall–Kier alpha value is -2.14. The lowest BCUT2D eigenvalue weighted by Gasteiger charge is -2.10. The highest BCUT2D eigenvalue weighted by atomic mass is 35.5. The van der Waals surface area contributed by atoms with E-state index in [2.05, 4.69) is 0 Å². The standard InChI is InChI=1S/C14H11ClFNO3/c1-9-2-4-11(17(18)19)7-14(9)20-13-5-3-10(8-15)6-12(13)16/h2-7H,8H2,1H3. The van der Waals surface area contributed by atoms with Crippen LogP contribution >= 0.6 is 11.6 Å². The lowest BCUT2D eigenvalue weighted by Crippen LogP contribution is -1.94. The minimum Gasteiger partial charge on any atom is -0.454 e. The molecule has 2 aromatic rings. The van der Waals surface area contributed by atoms with Crippen LogP contribution in [-0.2, 0) is 5.88 Å². The smallest absolute Gasteiger partial charge is 0.273 e. The van der Waals surface area contributed by atoms with Crippen LogP contribution in [0, 0.1) is 22.9 Å². The summed E-state index contributed by atoms with van der Waals surface area (Å²) in [7, 11) is 0. The molecular weight excluding hydrogens is 285 g/mol. The molecule has 0 aromatic heterocycles. The maximum Gasteiger partial charge on any atom is 0.273 e. The fourth-order valence-corrected chi connectivity index (χ4v) is 1.81. The molecule has 0 bridgehead atoms. The van der Waals surface area contributed by atoms with Crippen molar-refractivity contribution in [3.8, 4) is 11.5 Å². The molecule has 0 saturated heterocycles. The van der Waals surface area contributed by atoms with E-state index in [0.717, 1.165) is 0 Å². The molecule has 0 aliphatic heterocycles. The number of hydrogen-bond donors (Lipinski definition) is 0. The van der Waals surface area contributed by atoms with Gasteiger partial charge in [0.15, 0.2) is 11.6 Å². The van der Waals surface area contributed by atoms with Gasteiger partial charge in [-0.15, -0.1) is 11.6 Å². The van der Waals surface area contributed by atoms with E-state index in [0.29, 0.717) is 11.1 Å². The Morgan fingerprint density at radius 3 is 2.60 bits per heavy atom. The van der Waals surface area contributed by atoms with E-state index in [-0.39, 0.29) is 23.1 Å². The Balaban J connectivity index is 2.34. The molecule has 2 aromatic carbocycles. The van der Waals surface area contributed by atoms with Gasteiger partial charge in [0.05, 0.1) is 11.0 Å². The van der Waals surface area contributed by atoms with Crippen LogP contribution in [0.1, 0.15) is 11.1 Å². The van der Waals surface area contributed by atoms with Gasteiger partial charge < -0.3 is 4.74 Å². The Kier molecular flexibility index (Phi) is 4.20. The van der Waals surface area contributed by atoms with Gasteiger partial charge in [-0.3, -0.25) is 10.1 Å². The van der Waals surface area contributed by atoms with Crippen LogP contribution in [0.3, 0.4) is 0 Å². The summed E-state index contributed by atoms with van der Waals surface area (Å²) in [6.45, 7) is 1.73. The van der Waals surface area contributed by atoms with Gasteiger partial charge >= 0.3 is 0 Å². The number of non-ortho nitro benzene ring substituents is 1. The fourth-order valence-electron chi connectivity index (χ4n) is 1.64. The highest BCUT2D eigenvalue weighted by Gasteiger charge is 2.12. The summed E-state index contributed by atoms with van der Waals surface area (Å²) in [5.41, 5.74) is 1.20. The van der Waals surface area contributed by atoms with E-state index in [4.69, 9.17) is 16.3 Å². The number of benzene rings is 2. The third-order valence-electron chi connectivity index (χ3n) is 2.75. The molecule has 0 heterocycles. The number of nitrogens with zero attached hydrogens (tertiary/aromatic N) is 1. The number of alkyl halides is 1. The molecule has 0 aliphatic rings. The first-order valence-electron chi connectivity index (χ1n) is 5.78. The molecule has 20 heavy (non-hydrogen) atoms. The van der Waals surface area contributed by atoms with Gasteiger partial charge in [-0.1, -0.05) is 6.07 Å². The van der Waals surface area contributed by atoms with Gasteiger partial charge in [-0.2, -0.15) is 0 Å². The first-order chi connectivity index (χ1) is 9.51. The van der Waals surface area contributed by atoms with Crippen molar-refractivity contribution < 1.29 is 14.1 Å². The average Bonchev–Trinajstić information content (AvgIpc) is 2.42. The molecule has 0 spiro atoms. The van der Waals surface area contributed by atoms with Crippen LogP contribution in [0.4, 0.5) is 10.1 Å². The van der Waals surface area contributed by atoms with Crippen molar-refractivity contribution in [2.75, 3.05) is 0 Å². The Bertz CT molecular complexity index is 661. The van der Waals surface area contributed by atoms with Crippen LogP contribution in [0.2, 0.25) is 0 Å². The quantitative estimate of drug-likeness (QED) is 0.471. The molecule has 0 amide bonds. The number of hydrogen-bond acceptors (Lipinski definition) is 3. The van der Waals surface area contributed by atoms with Crippen molar-refractivity contribution in [3.05, 3.63) is 63.5 Å². The number of nitro benzene ring substituents is 1. The maximum absolute atomic E-state index is 13.8. The SMILES string of the molecule is Cc1ccc([N+](=O)[O-])cc1Oc1ccc(CCl)cc1F. The third-order valence-corrected chi connectivity index (χ3v) is 3.06. The van der Waals surface area contributed by atoms with Gasteiger partial charge in [0, 0.05) is 11.9 Å². The Labute approximate surface area is 119 Å². The lowest BCUT2D eigenvalue weighted by molar-refractivity contribution is -0.384. The molecule has 0 radical (unpaired) electrons. The summed E-state index contributed by atoms with van der Waals surface area (Å²) in [5, 5.41) is 10.7. The van der Waals surface area contributed by atoms with E-state index in [9.17, 15) is 14.5 Å². The lowest BCUT2D eigenvalue weighted by atomic mass is 10.2. The van der Waals surface area contributed by atoms with Crippen LogP contribution in [-0.4, -0.2) is 4.92 Å². The maximum atomic E-state index is 13.8. The van der Waals surface area contributed by atoms with Crippen molar-refractivity contribution in [1.29, 1.82) is 0 Å². The molecule has 0 aliphatic carbocycles. The van der Waals surface area contributed by atoms with Crippen LogP contribution in [0.5, 0.6) is 11.5 Å². The van der Waals surface area contributed by atoms with Gasteiger partial charge in [-0.25, -0.2) is 4.39 Å². The average molecular weight is 296 g/mol. The molecule has 0 N–H and O–H groups in total. The molecule has 0 saturated carbocycles. The van der Waals surface area contributed by atoms with E-state index in [1.54, 1.807) is 19.1 Å². The molecular formula is C14H11ClFNO3. The first-order valence-corrected chi connectivity index (χ1v) is 6.32. The van der Waals surface area contributed by atoms with Gasteiger partial charge in [0.2, 0.25) is 0 Å². The monoisotopic (exact) mass is 295 g/mol. The van der Waals surface area contributed by atoms with Crippen molar-refractivity contribution >= 4 is 17.3 Å². The number of ether oxygens (including phenoxy) is 1. The summed E-state index contributed by atoms with van der Waals surface area (Å²) in [4.78, 5) is 10.2. The molecule has 104 valence electrons. The summed E-state index contributed by atoms with van der Waals surface area (Å²) in [5.74, 6) is -0.110. The van der Waals surface area contributed by atoms with E-state index in [1.165, 1.54) is 24.3 Å². The summed E-state index contributed by atoms with van der Waals surface area (Å²) >= 11 is 5.61. The minimum atomic E-state index is -0.561. The minimum absolute atomic E-state index is 0.00228. The third kappa shape index (κ3) is 3.05. The zero-order valence-electron chi connectivity index (χ0n) is 10.6. The Morgan fingerprint density at radius 2 is 2.00 bits per heavy atom. The van der Waals surface area contributed by atoms with E-state index >= 15 is 0 Å². The fraction of sp³-hybridized carbons (Fsp3) is 0.143. The Morgan fingerprint density at radius 1 is 1.25 bits per heavy atom.